The van der Waals surface area contributed by atoms with E-state index < -0.39 is 5.60 Å². The van der Waals surface area contributed by atoms with Crippen LogP contribution in [0.5, 0.6) is 0 Å². The molecule has 1 atom stereocenters. The quantitative estimate of drug-likeness (QED) is 0.908. The lowest BCUT2D eigenvalue weighted by Crippen LogP contribution is -2.56. The Kier molecular flexibility index (Phi) is 4.64. The maximum Gasteiger partial charge on any atom is 0.274 e. The summed E-state index contributed by atoms with van der Waals surface area (Å²) in [6.45, 7) is 1.05. The van der Waals surface area contributed by atoms with Crippen molar-refractivity contribution in [2.45, 2.75) is 12.0 Å². The van der Waals surface area contributed by atoms with Crippen LogP contribution in [0.25, 0.3) is 0 Å². The van der Waals surface area contributed by atoms with Crippen LogP contribution in [-0.4, -0.2) is 58.0 Å². The Morgan fingerprint density at radius 2 is 2.09 bits per heavy atom. The highest BCUT2D eigenvalue weighted by atomic mass is 16.5. The number of nitrogens with zero attached hydrogens (tertiary/aromatic N) is 3. The lowest BCUT2D eigenvalue weighted by atomic mass is 9.93. The van der Waals surface area contributed by atoms with E-state index in [1.807, 2.05) is 30.3 Å². The van der Waals surface area contributed by atoms with Crippen LogP contribution in [0.15, 0.2) is 48.7 Å². The van der Waals surface area contributed by atoms with E-state index in [1.54, 1.807) is 17.0 Å². The zero-order valence-corrected chi connectivity index (χ0v) is 12.8. The molecule has 1 aliphatic rings. The van der Waals surface area contributed by atoms with E-state index in [0.717, 1.165) is 5.56 Å². The van der Waals surface area contributed by atoms with Gasteiger partial charge < -0.3 is 14.7 Å². The highest BCUT2D eigenvalue weighted by Crippen LogP contribution is 2.23. The summed E-state index contributed by atoms with van der Waals surface area (Å²) < 4.78 is 5.86. The van der Waals surface area contributed by atoms with Crippen molar-refractivity contribution in [3.8, 4) is 0 Å². The van der Waals surface area contributed by atoms with Gasteiger partial charge in [0.15, 0.2) is 5.69 Å². The summed E-state index contributed by atoms with van der Waals surface area (Å²) in [6, 6.07) is 13.2. The fourth-order valence-electron chi connectivity index (χ4n) is 2.82. The zero-order chi connectivity index (χ0) is 16.1. The number of morpholine rings is 1. The van der Waals surface area contributed by atoms with Crippen molar-refractivity contribution in [2.24, 2.45) is 0 Å². The lowest BCUT2D eigenvalue weighted by Gasteiger charge is -2.41. The second kappa shape index (κ2) is 6.85. The van der Waals surface area contributed by atoms with E-state index in [4.69, 9.17) is 4.74 Å². The predicted molar refractivity (Wildman–Crippen MR) is 83.9 cm³/mol. The van der Waals surface area contributed by atoms with Gasteiger partial charge in [0, 0.05) is 19.2 Å². The van der Waals surface area contributed by atoms with Gasteiger partial charge in [-0.3, -0.25) is 4.79 Å². The summed E-state index contributed by atoms with van der Waals surface area (Å²) in [7, 11) is 0. The van der Waals surface area contributed by atoms with Gasteiger partial charge in [-0.15, -0.1) is 5.10 Å². The van der Waals surface area contributed by atoms with Crippen LogP contribution in [-0.2, 0) is 11.2 Å². The number of rotatable bonds is 4. The highest BCUT2D eigenvalue weighted by molar-refractivity contribution is 5.92. The molecule has 0 aliphatic carbocycles. The fourth-order valence-corrected chi connectivity index (χ4v) is 2.82. The largest absolute Gasteiger partial charge is 0.393 e. The monoisotopic (exact) mass is 313 g/mol. The number of ether oxygens (including phenoxy) is 1. The molecule has 1 N–H and O–H groups in total. The molecule has 1 aliphatic heterocycles. The number of amides is 1. The maximum atomic E-state index is 12.5. The average molecular weight is 313 g/mol. The minimum absolute atomic E-state index is 0.147. The standard InChI is InChI=1S/C17H19N3O3/c21-13-17(11-14-5-2-1-3-6-14)12-20(9-10-23-17)16(22)15-7-4-8-18-19-15/h1-8,21H,9-13H2. The van der Waals surface area contributed by atoms with Crippen molar-refractivity contribution in [3.05, 3.63) is 59.9 Å². The second-order valence-corrected chi connectivity index (χ2v) is 5.69. The molecular formula is C17H19N3O3. The van der Waals surface area contributed by atoms with Crippen molar-refractivity contribution in [2.75, 3.05) is 26.3 Å². The molecule has 6 nitrogen and oxygen atoms in total. The van der Waals surface area contributed by atoms with E-state index in [9.17, 15) is 9.90 Å². The van der Waals surface area contributed by atoms with Crippen molar-refractivity contribution >= 4 is 5.91 Å². The molecule has 6 heteroatoms. The molecule has 23 heavy (non-hydrogen) atoms. The number of hydrogen-bond donors (Lipinski definition) is 1. The van der Waals surface area contributed by atoms with Crippen LogP contribution in [0.1, 0.15) is 16.1 Å². The average Bonchev–Trinajstić information content (AvgIpc) is 2.63. The minimum atomic E-state index is -0.780. The third kappa shape index (κ3) is 3.55. The molecule has 0 bridgehead atoms. The van der Waals surface area contributed by atoms with E-state index in [1.165, 1.54) is 6.20 Å². The zero-order valence-electron chi connectivity index (χ0n) is 12.8. The van der Waals surface area contributed by atoms with E-state index >= 15 is 0 Å². The molecule has 0 saturated carbocycles. The summed E-state index contributed by atoms with van der Waals surface area (Å²) >= 11 is 0. The molecular weight excluding hydrogens is 294 g/mol. The van der Waals surface area contributed by atoms with Gasteiger partial charge in [0.2, 0.25) is 0 Å². The number of carbonyl (C=O) groups is 1. The smallest absolute Gasteiger partial charge is 0.274 e. The summed E-state index contributed by atoms with van der Waals surface area (Å²) in [4.78, 5) is 14.2. The van der Waals surface area contributed by atoms with E-state index in [2.05, 4.69) is 10.2 Å². The van der Waals surface area contributed by atoms with Crippen LogP contribution < -0.4 is 0 Å². The SMILES string of the molecule is O=C(c1cccnn1)N1CCOC(CO)(Cc2ccccc2)C1. The summed E-state index contributed by atoms with van der Waals surface area (Å²) in [5.74, 6) is -0.188. The van der Waals surface area contributed by atoms with Gasteiger partial charge in [-0.25, -0.2) is 0 Å². The highest BCUT2D eigenvalue weighted by Gasteiger charge is 2.38. The van der Waals surface area contributed by atoms with Gasteiger partial charge in [-0.1, -0.05) is 30.3 Å². The van der Waals surface area contributed by atoms with Gasteiger partial charge in [-0.05, 0) is 17.7 Å². The molecule has 0 radical (unpaired) electrons. The van der Waals surface area contributed by atoms with E-state index in [-0.39, 0.29) is 12.5 Å². The topological polar surface area (TPSA) is 75.6 Å². The second-order valence-electron chi connectivity index (χ2n) is 5.69. The Morgan fingerprint density at radius 1 is 1.26 bits per heavy atom. The molecule has 3 rings (SSSR count). The first-order valence-electron chi connectivity index (χ1n) is 7.58. The van der Waals surface area contributed by atoms with Crippen molar-refractivity contribution in [1.29, 1.82) is 0 Å². The normalized spacial score (nSPS) is 21.2. The first kappa shape index (κ1) is 15.6. The Balaban J connectivity index is 1.77. The van der Waals surface area contributed by atoms with Gasteiger partial charge in [-0.2, -0.15) is 5.10 Å². The van der Waals surface area contributed by atoms with E-state index in [0.29, 0.717) is 31.8 Å². The molecule has 120 valence electrons. The molecule has 1 amide bonds. The Bertz CT molecular complexity index is 651. The molecule has 1 fully saturated rings. The number of carbonyl (C=O) groups excluding carboxylic acids is 1. The Morgan fingerprint density at radius 3 is 2.78 bits per heavy atom. The summed E-state index contributed by atoms with van der Waals surface area (Å²) in [6.07, 6.45) is 2.08. The first-order chi connectivity index (χ1) is 11.2. The Hall–Kier alpha value is -2.31. The van der Waals surface area contributed by atoms with Crippen molar-refractivity contribution < 1.29 is 14.6 Å². The minimum Gasteiger partial charge on any atom is -0.393 e. The number of aromatic nitrogens is 2. The molecule has 1 saturated heterocycles. The third-order valence-electron chi connectivity index (χ3n) is 3.98. The molecule has 1 unspecified atom stereocenters. The van der Waals surface area contributed by atoms with Crippen LogP contribution in [0.2, 0.25) is 0 Å². The van der Waals surface area contributed by atoms with Gasteiger partial charge >= 0.3 is 0 Å². The molecule has 1 aromatic carbocycles. The molecule has 2 aromatic rings. The van der Waals surface area contributed by atoms with Crippen LogP contribution >= 0.6 is 0 Å². The van der Waals surface area contributed by atoms with Crippen LogP contribution in [0.3, 0.4) is 0 Å². The van der Waals surface area contributed by atoms with Gasteiger partial charge in [0.05, 0.1) is 19.8 Å². The van der Waals surface area contributed by atoms with Crippen LogP contribution in [0, 0.1) is 0 Å². The third-order valence-corrected chi connectivity index (χ3v) is 3.98. The van der Waals surface area contributed by atoms with Crippen LogP contribution in [0.4, 0.5) is 0 Å². The van der Waals surface area contributed by atoms with Gasteiger partial charge in [0.1, 0.15) is 5.60 Å². The molecule has 2 heterocycles. The van der Waals surface area contributed by atoms with Crippen molar-refractivity contribution in [3.63, 3.8) is 0 Å². The lowest BCUT2D eigenvalue weighted by molar-refractivity contribution is -0.123. The van der Waals surface area contributed by atoms with Gasteiger partial charge in [0.25, 0.3) is 5.91 Å². The summed E-state index contributed by atoms with van der Waals surface area (Å²) in [5, 5.41) is 17.5. The number of aliphatic hydroxyl groups excluding tert-OH is 1. The number of aliphatic hydroxyl groups is 1. The molecule has 1 aromatic heterocycles. The summed E-state index contributed by atoms with van der Waals surface area (Å²) in [5.41, 5.74) is 0.591. The van der Waals surface area contributed by atoms with Crippen molar-refractivity contribution in [1.82, 2.24) is 15.1 Å². The Labute approximate surface area is 134 Å². The maximum absolute atomic E-state index is 12.5. The first-order valence-corrected chi connectivity index (χ1v) is 7.58. The number of hydrogen-bond acceptors (Lipinski definition) is 5. The fraction of sp³-hybridized carbons (Fsp3) is 0.353. The number of benzene rings is 1. The predicted octanol–water partition coefficient (Wildman–Crippen LogP) is 0.923. The molecule has 0 spiro atoms.